The second kappa shape index (κ2) is 6.88. The number of carbonyl (C=O) groups is 1. The van der Waals surface area contributed by atoms with Gasteiger partial charge >= 0.3 is 0 Å². The van der Waals surface area contributed by atoms with Gasteiger partial charge in [0, 0.05) is 30.4 Å². The number of aromatic nitrogens is 1. The molecular weight excluding hydrogens is 282 g/mol. The van der Waals surface area contributed by atoms with Crippen molar-refractivity contribution in [1.29, 1.82) is 0 Å². The van der Waals surface area contributed by atoms with Crippen molar-refractivity contribution in [3.05, 3.63) is 16.1 Å². The molecule has 1 fully saturated rings. The van der Waals surface area contributed by atoms with Crippen LogP contribution in [0.4, 0.5) is 0 Å². The third-order valence-corrected chi connectivity index (χ3v) is 5.12. The number of likely N-dealkylation sites (tertiary alicyclic amines) is 1. The zero-order valence-electron chi connectivity index (χ0n) is 13.6. The first kappa shape index (κ1) is 16.4. The molecule has 5 heteroatoms. The minimum atomic E-state index is 0.119. The van der Waals surface area contributed by atoms with E-state index in [9.17, 15) is 4.79 Å². The molecule has 0 spiro atoms. The maximum atomic E-state index is 12.0. The van der Waals surface area contributed by atoms with E-state index in [1.807, 2.05) is 6.92 Å². The summed E-state index contributed by atoms with van der Waals surface area (Å²) in [4.78, 5) is 19.1. The normalized spacial score (nSPS) is 20.5. The molecule has 118 valence electrons. The molecule has 1 atom stereocenters. The number of piperidine rings is 1. The van der Waals surface area contributed by atoms with Crippen LogP contribution < -0.4 is 5.32 Å². The smallest absolute Gasteiger partial charge is 0.224 e. The van der Waals surface area contributed by atoms with Crippen molar-refractivity contribution in [1.82, 2.24) is 15.2 Å². The molecular formula is C16H27N3OS. The zero-order chi connectivity index (χ0) is 15.5. The highest BCUT2D eigenvalue weighted by atomic mass is 32.1. The van der Waals surface area contributed by atoms with Crippen LogP contribution >= 0.6 is 11.3 Å². The predicted molar refractivity (Wildman–Crippen MR) is 87.5 cm³/mol. The van der Waals surface area contributed by atoms with Gasteiger partial charge in [0.25, 0.3) is 0 Å². The van der Waals surface area contributed by atoms with Crippen molar-refractivity contribution in [2.75, 3.05) is 19.6 Å². The summed E-state index contributed by atoms with van der Waals surface area (Å²) in [6, 6.07) is 0. The molecule has 2 heterocycles. The predicted octanol–water partition coefficient (Wildman–Crippen LogP) is 2.79. The van der Waals surface area contributed by atoms with Crippen molar-refractivity contribution in [2.24, 2.45) is 5.92 Å². The highest BCUT2D eigenvalue weighted by Crippen LogP contribution is 2.26. The summed E-state index contributed by atoms with van der Waals surface area (Å²) in [5, 5.41) is 6.30. The zero-order valence-corrected chi connectivity index (χ0v) is 14.4. The molecule has 1 N–H and O–H groups in total. The summed E-state index contributed by atoms with van der Waals surface area (Å²) in [5.74, 6) is 0.343. The Balaban J connectivity index is 1.93. The van der Waals surface area contributed by atoms with Gasteiger partial charge in [-0.05, 0) is 26.3 Å². The van der Waals surface area contributed by atoms with Crippen molar-refractivity contribution >= 4 is 17.2 Å². The van der Waals surface area contributed by atoms with Crippen LogP contribution in [-0.2, 0) is 16.8 Å². The van der Waals surface area contributed by atoms with Gasteiger partial charge in [-0.3, -0.25) is 9.69 Å². The molecule has 0 aliphatic carbocycles. The van der Waals surface area contributed by atoms with E-state index in [4.69, 9.17) is 4.98 Å². The van der Waals surface area contributed by atoms with Crippen LogP contribution in [0.2, 0.25) is 0 Å². The highest BCUT2D eigenvalue weighted by Gasteiger charge is 2.26. The van der Waals surface area contributed by atoms with Crippen LogP contribution in [0.15, 0.2) is 5.38 Å². The molecule has 0 saturated carbocycles. The molecule has 0 bridgehead atoms. The largest absolute Gasteiger partial charge is 0.356 e. The van der Waals surface area contributed by atoms with Crippen LogP contribution in [0.1, 0.15) is 51.2 Å². The first-order valence-corrected chi connectivity index (χ1v) is 8.73. The van der Waals surface area contributed by atoms with Gasteiger partial charge in [0.05, 0.1) is 16.6 Å². The van der Waals surface area contributed by atoms with Crippen molar-refractivity contribution in [2.45, 2.75) is 52.5 Å². The molecule has 1 aliphatic heterocycles. The van der Waals surface area contributed by atoms with E-state index in [2.05, 4.69) is 36.4 Å². The molecule has 4 nitrogen and oxygen atoms in total. The number of rotatable bonds is 4. The van der Waals surface area contributed by atoms with Crippen molar-refractivity contribution in [3.63, 3.8) is 0 Å². The summed E-state index contributed by atoms with van der Waals surface area (Å²) in [6.07, 6.45) is 2.10. The Morgan fingerprint density at radius 2 is 2.29 bits per heavy atom. The number of nitrogens with one attached hydrogen (secondary N) is 1. The molecule has 21 heavy (non-hydrogen) atoms. The molecule has 1 saturated heterocycles. The minimum absolute atomic E-state index is 0.119. The van der Waals surface area contributed by atoms with Gasteiger partial charge in [-0.15, -0.1) is 11.3 Å². The summed E-state index contributed by atoms with van der Waals surface area (Å²) in [7, 11) is 0. The van der Waals surface area contributed by atoms with Crippen LogP contribution in [0, 0.1) is 5.92 Å². The molecule has 1 unspecified atom stereocenters. The summed E-state index contributed by atoms with van der Waals surface area (Å²) < 4.78 is 0. The van der Waals surface area contributed by atoms with Crippen LogP contribution in [0.3, 0.4) is 0 Å². The number of carbonyl (C=O) groups excluding carboxylic acids is 1. The summed E-state index contributed by atoms with van der Waals surface area (Å²) in [6.45, 7) is 12.1. The fourth-order valence-electron chi connectivity index (χ4n) is 2.68. The lowest BCUT2D eigenvalue weighted by atomic mass is 9.97. The average Bonchev–Trinajstić information content (AvgIpc) is 2.88. The first-order chi connectivity index (χ1) is 9.90. The van der Waals surface area contributed by atoms with E-state index in [-0.39, 0.29) is 17.2 Å². The Hall–Kier alpha value is -0.940. The molecule has 1 amide bonds. The number of hydrogen-bond acceptors (Lipinski definition) is 4. The topological polar surface area (TPSA) is 45.2 Å². The second-order valence-corrected chi connectivity index (χ2v) is 7.72. The maximum Gasteiger partial charge on any atom is 0.224 e. The van der Waals surface area contributed by atoms with E-state index < -0.39 is 0 Å². The quantitative estimate of drug-likeness (QED) is 0.930. The van der Waals surface area contributed by atoms with Gasteiger partial charge < -0.3 is 5.32 Å². The average molecular weight is 309 g/mol. The maximum absolute atomic E-state index is 12.0. The third kappa shape index (κ3) is 4.51. The van der Waals surface area contributed by atoms with E-state index in [0.29, 0.717) is 0 Å². The van der Waals surface area contributed by atoms with Gasteiger partial charge in [-0.25, -0.2) is 4.98 Å². The number of nitrogens with zero attached hydrogens (tertiary/aromatic N) is 2. The van der Waals surface area contributed by atoms with Gasteiger partial charge in [-0.1, -0.05) is 20.8 Å². The Morgan fingerprint density at radius 3 is 2.90 bits per heavy atom. The van der Waals surface area contributed by atoms with Crippen LogP contribution in [0.25, 0.3) is 0 Å². The monoisotopic (exact) mass is 309 g/mol. The van der Waals surface area contributed by atoms with Gasteiger partial charge in [0.2, 0.25) is 5.91 Å². The lowest BCUT2D eigenvalue weighted by Crippen LogP contribution is -2.42. The first-order valence-electron chi connectivity index (χ1n) is 7.85. The van der Waals surface area contributed by atoms with E-state index >= 15 is 0 Å². The Labute approximate surface area is 132 Å². The standard InChI is InChI=1S/C16H27N3OS/c1-5-17-14(20)12-7-6-8-19(9-12)10-13-11-21-15(18-13)16(2,3)4/h11-12H,5-10H2,1-4H3,(H,17,20). The van der Waals surface area contributed by atoms with E-state index in [1.165, 1.54) is 5.01 Å². The molecule has 1 aromatic heterocycles. The van der Waals surface area contributed by atoms with Gasteiger partial charge in [-0.2, -0.15) is 0 Å². The van der Waals surface area contributed by atoms with Gasteiger partial charge in [0.1, 0.15) is 0 Å². The number of thiazole rings is 1. The SMILES string of the molecule is CCNC(=O)C1CCCN(Cc2csc(C(C)(C)C)n2)C1. The fourth-order valence-corrected chi connectivity index (χ4v) is 3.58. The highest BCUT2D eigenvalue weighted by molar-refractivity contribution is 7.09. The molecule has 1 aliphatic rings. The van der Waals surface area contributed by atoms with Gasteiger partial charge in [0.15, 0.2) is 0 Å². The number of amides is 1. The molecule has 1 aromatic rings. The summed E-state index contributed by atoms with van der Waals surface area (Å²) in [5.41, 5.74) is 1.26. The molecule has 0 aromatic carbocycles. The van der Waals surface area contributed by atoms with Crippen LogP contribution in [0.5, 0.6) is 0 Å². The lowest BCUT2D eigenvalue weighted by molar-refractivity contribution is -0.126. The third-order valence-electron chi connectivity index (χ3n) is 3.81. The second-order valence-electron chi connectivity index (χ2n) is 6.86. The minimum Gasteiger partial charge on any atom is -0.356 e. The Bertz CT molecular complexity index is 478. The van der Waals surface area contributed by atoms with Crippen molar-refractivity contribution < 1.29 is 4.79 Å². The Kier molecular flexibility index (Phi) is 5.38. The van der Waals surface area contributed by atoms with Crippen molar-refractivity contribution in [3.8, 4) is 0 Å². The number of hydrogen-bond donors (Lipinski definition) is 1. The van der Waals surface area contributed by atoms with Crippen LogP contribution in [-0.4, -0.2) is 35.4 Å². The fraction of sp³-hybridized carbons (Fsp3) is 0.750. The lowest BCUT2D eigenvalue weighted by Gasteiger charge is -2.31. The van der Waals surface area contributed by atoms with E-state index in [0.717, 1.165) is 44.7 Å². The molecule has 0 radical (unpaired) electrons. The summed E-state index contributed by atoms with van der Waals surface area (Å²) >= 11 is 1.74. The Morgan fingerprint density at radius 1 is 1.52 bits per heavy atom. The van der Waals surface area contributed by atoms with E-state index in [1.54, 1.807) is 11.3 Å². The molecule has 2 rings (SSSR count).